The van der Waals surface area contributed by atoms with Crippen molar-refractivity contribution in [1.82, 2.24) is 15.1 Å². The van der Waals surface area contributed by atoms with Gasteiger partial charge in [-0.1, -0.05) is 43.7 Å². The molecule has 31 heavy (non-hydrogen) atoms. The molecule has 0 aliphatic carbocycles. The second kappa shape index (κ2) is 11.7. The summed E-state index contributed by atoms with van der Waals surface area (Å²) in [6, 6.07) is 15.5. The number of nitrogens with one attached hydrogen (secondary N) is 1. The van der Waals surface area contributed by atoms with Crippen molar-refractivity contribution in [1.29, 1.82) is 0 Å². The highest BCUT2D eigenvalue weighted by Crippen LogP contribution is 2.28. The predicted molar refractivity (Wildman–Crippen MR) is 124 cm³/mol. The Kier molecular flexibility index (Phi) is 8.74. The van der Waals surface area contributed by atoms with Gasteiger partial charge in [-0.05, 0) is 37.2 Å². The fraction of sp³-hybridized carbons (Fsp3) is 0.480. The highest BCUT2D eigenvalue weighted by molar-refractivity contribution is 5.95. The van der Waals surface area contributed by atoms with Gasteiger partial charge in [-0.15, -0.1) is 0 Å². The standard InChI is InChI=1S/C25H35N3O3/c1-4-5-17-31-23-12-11-21(18-24(23)30-3)25(29)26-22(20-9-7-6-8-10-20)19-28-15-13-27(2)14-16-28/h6-12,18,22H,4-5,13-17,19H2,1-3H3,(H,26,29). The van der Waals surface area contributed by atoms with Crippen LogP contribution in [0.2, 0.25) is 0 Å². The lowest BCUT2D eigenvalue weighted by atomic mass is 10.0. The minimum Gasteiger partial charge on any atom is -0.493 e. The van der Waals surface area contributed by atoms with Crippen molar-refractivity contribution in [2.75, 3.05) is 53.5 Å². The number of likely N-dealkylation sites (N-methyl/N-ethyl adjacent to an activating group) is 1. The van der Waals surface area contributed by atoms with Crippen molar-refractivity contribution in [2.45, 2.75) is 25.8 Å². The topological polar surface area (TPSA) is 54.0 Å². The lowest BCUT2D eigenvalue weighted by molar-refractivity contribution is 0.0907. The van der Waals surface area contributed by atoms with E-state index in [1.165, 1.54) is 0 Å². The maximum atomic E-state index is 13.1. The molecule has 1 amide bonds. The maximum absolute atomic E-state index is 13.1. The van der Waals surface area contributed by atoms with Gasteiger partial charge in [-0.2, -0.15) is 0 Å². The van der Waals surface area contributed by atoms with Gasteiger partial charge in [-0.25, -0.2) is 0 Å². The van der Waals surface area contributed by atoms with E-state index < -0.39 is 0 Å². The third-order valence-corrected chi connectivity index (χ3v) is 5.73. The third-order valence-electron chi connectivity index (χ3n) is 5.73. The molecule has 6 nitrogen and oxygen atoms in total. The number of methoxy groups -OCH3 is 1. The molecule has 1 N–H and O–H groups in total. The number of carbonyl (C=O) groups is 1. The number of hydrogen-bond donors (Lipinski definition) is 1. The number of rotatable bonds is 10. The van der Waals surface area contributed by atoms with Crippen molar-refractivity contribution in [3.8, 4) is 11.5 Å². The van der Waals surface area contributed by atoms with Crippen molar-refractivity contribution >= 4 is 5.91 Å². The minimum atomic E-state index is -0.110. The van der Waals surface area contributed by atoms with Gasteiger partial charge < -0.3 is 19.7 Å². The summed E-state index contributed by atoms with van der Waals surface area (Å²) in [5, 5.41) is 3.24. The van der Waals surface area contributed by atoms with Crippen LogP contribution in [-0.4, -0.2) is 69.2 Å². The van der Waals surface area contributed by atoms with Gasteiger partial charge >= 0.3 is 0 Å². The smallest absolute Gasteiger partial charge is 0.251 e. The van der Waals surface area contributed by atoms with Crippen LogP contribution in [0.5, 0.6) is 11.5 Å². The molecule has 0 bridgehead atoms. The second-order valence-electron chi connectivity index (χ2n) is 8.11. The zero-order valence-corrected chi connectivity index (χ0v) is 19.0. The first-order valence-electron chi connectivity index (χ1n) is 11.2. The molecule has 1 heterocycles. The molecule has 1 atom stereocenters. The Hall–Kier alpha value is -2.57. The van der Waals surface area contributed by atoms with Gasteiger partial charge in [0.2, 0.25) is 0 Å². The molecule has 3 rings (SSSR count). The quantitative estimate of drug-likeness (QED) is 0.590. The van der Waals surface area contributed by atoms with E-state index in [0.717, 1.165) is 51.1 Å². The summed E-state index contributed by atoms with van der Waals surface area (Å²) in [5.74, 6) is 1.14. The lowest BCUT2D eigenvalue weighted by Gasteiger charge is -2.35. The Morgan fingerprint density at radius 2 is 1.81 bits per heavy atom. The molecule has 6 heteroatoms. The number of amides is 1. The largest absolute Gasteiger partial charge is 0.493 e. The fourth-order valence-corrected chi connectivity index (χ4v) is 3.70. The molecule has 0 radical (unpaired) electrons. The number of nitrogens with zero attached hydrogens (tertiary/aromatic N) is 2. The average molecular weight is 426 g/mol. The van der Waals surface area contributed by atoms with Crippen LogP contribution in [0.25, 0.3) is 0 Å². The summed E-state index contributed by atoms with van der Waals surface area (Å²) in [6.07, 6.45) is 2.05. The summed E-state index contributed by atoms with van der Waals surface area (Å²) in [6.45, 7) is 7.66. The molecule has 1 fully saturated rings. The maximum Gasteiger partial charge on any atom is 0.251 e. The van der Waals surface area contributed by atoms with Gasteiger partial charge in [0.05, 0.1) is 19.8 Å². The molecule has 1 saturated heterocycles. The van der Waals surface area contributed by atoms with Gasteiger partial charge in [0.1, 0.15) is 0 Å². The van der Waals surface area contributed by atoms with E-state index in [2.05, 4.69) is 41.2 Å². The Balaban J connectivity index is 1.72. The molecule has 168 valence electrons. The second-order valence-corrected chi connectivity index (χ2v) is 8.11. The molecule has 0 spiro atoms. The van der Waals surface area contributed by atoms with Crippen molar-refractivity contribution in [3.05, 3.63) is 59.7 Å². The number of unbranched alkanes of at least 4 members (excludes halogenated alkanes) is 1. The Labute approximate surface area is 186 Å². The van der Waals surface area contributed by atoms with Crippen LogP contribution < -0.4 is 14.8 Å². The van der Waals surface area contributed by atoms with Gasteiger partial charge in [-0.3, -0.25) is 9.69 Å². The van der Waals surface area contributed by atoms with Crippen LogP contribution in [0.1, 0.15) is 41.7 Å². The van der Waals surface area contributed by atoms with Crippen LogP contribution >= 0.6 is 0 Å². The monoisotopic (exact) mass is 425 g/mol. The van der Waals surface area contributed by atoms with E-state index in [4.69, 9.17) is 9.47 Å². The van der Waals surface area contributed by atoms with E-state index in [-0.39, 0.29) is 11.9 Å². The first kappa shape index (κ1) is 23.1. The zero-order chi connectivity index (χ0) is 22.1. The lowest BCUT2D eigenvalue weighted by Crippen LogP contribution is -2.47. The highest BCUT2D eigenvalue weighted by atomic mass is 16.5. The van der Waals surface area contributed by atoms with Gasteiger partial charge in [0, 0.05) is 38.3 Å². The fourth-order valence-electron chi connectivity index (χ4n) is 3.70. The van der Waals surface area contributed by atoms with E-state index in [1.54, 1.807) is 19.2 Å². The molecule has 2 aromatic rings. The number of hydrogen-bond acceptors (Lipinski definition) is 5. The van der Waals surface area contributed by atoms with E-state index >= 15 is 0 Å². The van der Waals surface area contributed by atoms with Crippen molar-refractivity contribution < 1.29 is 14.3 Å². The molecule has 1 aliphatic heterocycles. The normalized spacial score (nSPS) is 16.0. The van der Waals surface area contributed by atoms with Gasteiger partial charge in [0.15, 0.2) is 11.5 Å². The first-order chi connectivity index (χ1) is 15.1. The van der Waals surface area contributed by atoms with Crippen LogP contribution in [0.4, 0.5) is 0 Å². The first-order valence-corrected chi connectivity index (χ1v) is 11.2. The Morgan fingerprint density at radius 3 is 2.48 bits per heavy atom. The summed E-state index contributed by atoms with van der Waals surface area (Å²) < 4.78 is 11.3. The molecule has 2 aromatic carbocycles. The summed E-state index contributed by atoms with van der Waals surface area (Å²) in [5.41, 5.74) is 1.68. The molecule has 0 saturated carbocycles. The van der Waals surface area contributed by atoms with Crippen LogP contribution in [0, 0.1) is 0 Å². The summed E-state index contributed by atoms with van der Waals surface area (Å²) in [4.78, 5) is 17.9. The van der Waals surface area contributed by atoms with Crippen molar-refractivity contribution in [2.24, 2.45) is 0 Å². The van der Waals surface area contributed by atoms with E-state index in [1.807, 2.05) is 24.3 Å². The minimum absolute atomic E-state index is 0.0800. The van der Waals surface area contributed by atoms with E-state index in [9.17, 15) is 4.79 Å². The van der Waals surface area contributed by atoms with Crippen LogP contribution in [0.15, 0.2) is 48.5 Å². The Morgan fingerprint density at radius 1 is 1.06 bits per heavy atom. The SMILES string of the molecule is CCCCOc1ccc(C(=O)NC(CN2CCN(C)CC2)c2ccccc2)cc1OC. The third kappa shape index (κ3) is 6.71. The zero-order valence-electron chi connectivity index (χ0n) is 19.0. The summed E-state index contributed by atoms with van der Waals surface area (Å²) >= 11 is 0. The van der Waals surface area contributed by atoms with Crippen LogP contribution in [0.3, 0.4) is 0 Å². The molecule has 1 unspecified atom stereocenters. The number of benzene rings is 2. The average Bonchev–Trinajstić information content (AvgIpc) is 2.81. The highest BCUT2D eigenvalue weighted by Gasteiger charge is 2.22. The van der Waals surface area contributed by atoms with Gasteiger partial charge in [0.25, 0.3) is 5.91 Å². The summed E-state index contributed by atoms with van der Waals surface area (Å²) in [7, 11) is 3.75. The Bertz CT molecular complexity index is 820. The number of piperazine rings is 1. The van der Waals surface area contributed by atoms with Crippen molar-refractivity contribution in [3.63, 3.8) is 0 Å². The molecule has 1 aliphatic rings. The predicted octanol–water partition coefficient (Wildman–Crippen LogP) is 3.59. The number of carbonyl (C=O) groups excluding carboxylic acids is 1. The number of ether oxygens (including phenoxy) is 2. The van der Waals surface area contributed by atoms with E-state index in [0.29, 0.717) is 23.7 Å². The molecular formula is C25H35N3O3. The van der Waals surface area contributed by atoms with Crippen LogP contribution in [-0.2, 0) is 0 Å². The molecule has 0 aromatic heterocycles. The molecular weight excluding hydrogens is 390 g/mol.